The smallest absolute Gasteiger partial charge is 0.311 e. The lowest BCUT2D eigenvalue weighted by molar-refractivity contribution is -0.384. The van der Waals surface area contributed by atoms with Gasteiger partial charge >= 0.3 is 5.69 Å². The molecule has 2 rings (SSSR count). The zero-order valence-electron chi connectivity index (χ0n) is 10.7. The van der Waals surface area contributed by atoms with Crippen LogP contribution in [0.25, 0.3) is 0 Å². The van der Waals surface area contributed by atoms with E-state index >= 15 is 0 Å². The lowest BCUT2D eigenvalue weighted by Crippen LogP contribution is -2.44. The van der Waals surface area contributed by atoms with Crippen LogP contribution in [0.1, 0.15) is 32.6 Å². The highest BCUT2D eigenvalue weighted by molar-refractivity contribution is 5.61. The number of hydrogen-bond donors (Lipinski definition) is 2. The van der Waals surface area contributed by atoms with Crippen molar-refractivity contribution in [3.05, 3.63) is 22.2 Å². The number of rotatable bonds is 5. The first-order valence-corrected chi connectivity index (χ1v) is 6.21. The van der Waals surface area contributed by atoms with Crippen LogP contribution in [0.3, 0.4) is 0 Å². The second kappa shape index (κ2) is 4.80. The Kier molecular flexibility index (Phi) is 3.36. The number of nitrogens with one attached hydrogen (secondary N) is 2. The summed E-state index contributed by atoms with van der Waals surface area (Å²) in [5.74, 6) is 1.00. The van der Waals surface area contributed by atoms with Crippen molar-refractivity contribution in [3.63, 3.8) is 0 Å². The number of hydrogen-bond acceptors (Lipinski definition) is 5. The normalized spacial score (nSPS) is 16.8. The summed E-state index contributed by atoms with van der Waals surface area (Å²) >= 11 is 0. The van der Waals surface area contributed by atoms with Crippen LogP contribution in [0.5, 0.6) is 0 Å². The molecule has 1 saturated carbocycles. The van der Waals surface area contributed by atoms with Gasteiger partial charge in [0.1, 0.15) is 5.82 Å². The molecule has 1 aliphatic rings. The van der Waals surface area contributed by atoms with Crippen molar-refractivity contribution in [2.75, 3.05) is 17.7 Å². The summed E-state index contributed by atoms with van der Waals surface area (Å²) in [7, 11) is 1.75. The van der Waals surface area contributed by atoms with Crippen molar-refractivity contribution >= 4 is 17.3 Å². The molecule has 0 amide bonds. The van der Waals surface area contributed by atoms with E-state index < -0.39 is 4.92 Å². The molecule has 1 heterocycles. The van der Waals surface area contributed by atoms with Crippen molar-refractivity contribution in [2.45, 2.75) is 38.1 Å². The Morgan fingerprint density at radius 1 is 1.50 bits per heavy atom. The molecule has 0 radical (unpaired) electrons. The zero-order valence-corrected chi connectivity index (χ0v) is 10.7. The van der Waals surface area contributed by atoms with E-state index in [1.54, 1.807) is 13.1 Å². The molecule has 0 bridgehead atoms. The van der Waals surface area contributed by atoms with Crippen molar-refractivity contribution in [1.29, 1.82) is 0 Å². The van der Waals surface area contributed by atoms with Gasteiger partial charge in [0, 0.05) is 18.7 Å². The van der Waals surface area contributed by atoms with E-state index in [1.807, 2.05) is 0 Å². The Labute approximate surface area is 106 Å². The van der Waals surface area contributed by atoms with Gasteiger partial charge in [0.25, 0.3) is 0 Å². The summed E-state index contributed by atoms with van der Waals surface area (Å²) in [5.41, 5.74) is 0.0261. The highest BCUT2D eigenvalue weighted by Crippen LogP contribution is 2.39. The minimum Gasteiger partial charge on any atom is -0.373 e. The first-order valence-electron chi connectivity index (χ1n) is 6.21. The van der Waals surface area contributed by atoms with Crippen molar-refractivity contribution in [1.82, 2.24) is 4.98 Å². The van der Waals surface area contributed by atoms with E-state index in [4.69, 9.17) is 0 Å². The van der Waals surface area contributed by atoms with Gasteiger partial charge in [-0.1, -0.05) is 6.92 Å². The fourth-order valence-corrected chi connectivity index (χ4v) is 2.25. The van der Waals surface area contributed by atoms with Gasteiger partial charge in [-0.2, -0.15) is 0 Å². The van der Waals surface area contributed by atoms with Crippen LogP contribution in [-0.4, -0.2) is 22.5 Å². The molecule has 98 valence electrons. The molecular weight excluding hydrogens is 232 g/mol. The number of anilines is 2. The predicted octanol–water partition coefficient (Wildman–Crippen LogP) is 2.78. The SMILES string of the molecule is CCC1(Nc2nc(NC)ccc2[N+](=O)[O-])CCC1. The van der Waals surface area contributed by atoms with E-state index in [0.29, 0.717) is 11.6 Å². The van der Waals surface area contributed by atoms with Crippen LogP contribution in [0.15, 0.2) is 12.1 Å². The van der Waals surface area contributed by atoms with Gasteiger partial charge in [-0.05, 0) is 31.7 Å². The molecule has 1 aromatic rings. The molecule has 0 atom stereocenters. The van der Waals surface area contributed by atoms with E-state index in [1.165, 1.54) is 12.5 Å². The largest absolute Gasteiger partial charge is 0.373 e. The lowest BCUT2D eigenvalue weighted by atomic mass is 9.75. The van der Waals surface area contributed by atoms with E-state index in [-0.39, 0.29) is 11.2 Å². The summed E-state index contributed by atoms with van der Waals surface area (Å²) in [5, 5.41) is 17.2. The molecule has 1 aliphatic carbocycles. The number of aromatic nitrogens is 1. The molecular formula is C12H18N4O2. The second-order valence-corrected chi connectivity index (χ2v) is 4.68. The Bertz CT molecular complexity index is 452. The molecule has 0 spiro atoms. The van der Waals surface area contributed by atoms with Gasteiger partial charge in [0.2, 0.25) is 5.82 Å². The minimum atomic E-state index is -0.392. The third-order valence-corrected chi connectivity index (χ3v) is 3.70. The lowest BCUT2D eigenvalue weighted by Gasteiger charge is -2.42. The average Bonchev–Trinajstić information content (AvgIpc) is 2.33. The maximum atomic E-state index is 11.0. The minimum absolute atomic E-state index is 0.00980. The fourth-order valence-electron chi connectivity index (χ4n) is 2.25. The number of pyridine rings is 1. The molecule has 0 saturated heterocycles. The van der Waals surface area contributed by atoms with Crippen LogP contribution >= 0.6 is 0 Å². The first-order chi connectivity index (χ1) is 8.60. The Balaban J connectivity index is 2.31. The van der Waals surface area contributed by atoms with Crippen molar-refractivity contribution < 1.29 is 4.92 Å². The maximum Gasteiger partial charge on any atom is 0.311 e. The summed E-state index contributed by atoms with van der Waals surface area (Å²) < 4.78 is 0. The average molecular weight is 250 g/mol. The number of nitrogens with zero attached hydrogens (tertiary/aromatic N) is 2. The van der Waals surface area contributed by atoms with Gasteiger partial charge in [0.05, 0.1) is 4.92 Å². The van der Waals surface area contributed by atoms with Crippen molar-refractivity contribution in [2.24, 2.45) is 0 Å². The first kappa shape index (κ1) is 12.6. The van der Waals surface area contributed by atoms with E-state index in [9.17, 15) is 10.1 Å². The molecule has 18 heavy (non-hydrogen) atoms. The second-order valence-electron chi connectivity index (χ2n) is 4.68. The topological polar surface area (TPSA) is 80.1 Å². The maximum absolute atomic E-state index is 11.0. The van der Waals surface area contributed by atoms with Gasteiger partial charge < -0.3 is 10.6 Å². The molecule has 2 N–H and O–H groups in total. The van der Waals surface area contributed by atoms with Crippen LogP contribution in [0, 0.1) is 10.1 Å². The van der Waals surface area contributed by atoms with Gasteiger partial charge in [0.15, 0.2) is 0 Å². The molecule has 1 fully saturated rings. The van der Waals surface area contributed by atoms with Gasteiger partial charge in [-0.25, -0.2) is 4.98 Å². The van der Waals surface area contributed by atoms with E-state index in [2.05, 4.69) is 22.5 Å². The third kappa shape index (κ3) is 2.23. The highest BCUT2D eigenvalue weighted by Gasteiger charge is 2.37. The molecule has 6 nitrogen and oxygen atoms in total. The molecule has 0 aliphatic heterocycles. The van der Waals surface area contributed by atoms with Crippen LogP contribution in [-0.2, 0) is 0 Å². The Morgan fingerprint density at radius 3 is 2.67 bits per heavy atom. The van der Waals surface area contributed by atoms with Crippen LogP contribution in [0.2, 0.25) is 0 Å². The number of nitro groups is 1. The van der Waals surface area contributed by atoms with Gasteiger partial charge in [-0.15, -0.1) is 0 Å². The van der Waals surface area contributed by atoms with E-state index in [0.717, 1.165) is 19.3 Å². The quantitative estimate of drug-likeness (QED) is 0.620. The molecule has 0 aromatic carbocycles. The summed E-state index contributed by atoms with van der Waals surface area (Å²) in [6, 6.07) is 3.10. The third-order valence-electron chi connectivity index (χ3n) is 3.70. The van der Waals surface area contributed by atoms with Crippen LogP contribution < -0.4 is 10.6 Å². The molecule has 0 unspecified atom stereocenters. The molecule has 1 aromatic heterocycles. The predicted molar refractivity (Wildman–Crippen MR) is 70.9 cm³/mol. The summed E-state index contributed by atoms with van der Waals surface area (Å²) in [6.07, 6.45) is 4.22. The van der Waals surface area contributed by atoms with Crippen molar-refractivity contribution in [3.8, 4) is 0 Å². The standard InChI is InChI=1S/C12H18N4O2/c1-3-12(7-4-8-12)15-11-9(16(17)18)5-6-10(13-2)14-11/h5-6H,3-4,7-8H2,1-2H3,(H2,13,14,15). The Hall–Kier alpha value is -1.85. The fraction of sp³-hybridized carbons (Fsp3) is 0.583. The molecule has 6 heteroatoms. The van der Waals surface area contributed by atoms with Crippen LogP contribution in [0.4, 0.5) is 17.3 Å². The summed E-state index contributed by atoms with van der Waals surface area (Å²) in [6.45, 7) is 2.10. The monoisotopic (exact) mass is 250 g/mol. The summed E-state index contributed by atoms with van der Waals surface area (Å²) in [4.78, 5) is 14.9. The Morgan fingerprint density at radius 2 is 2.22 bits per heavy atom. The highest BCUT2D eigenvalue weighted by atomic mass is 16.6. The zero-order chi connectivity index (χ0) is 13.2. The van der Waals surface area contributed by atoms with Gasteiger partial charge in [-0.3, -0.25) is 10.1 Å².